The molecule has 2 atom stereocenters. The van der Waals surface area contributed by atoms with Crippen LogP contribution in [-0.2, 0) is 9.22 Å². The van der Waals surface area contributed by atoms with Gasteiger partial charge in [-0.3, -0.25) is 14.5 Å². The molecule has 0 radical (unpaired) electrons. The molecule has 0 aromatic heterocycles. The first-order valence-corrected chi connectivity index (χ1v) is 13.1. The van der Waals surface area contributed by atoms with E-state index in [4.69, 9.17) is 16.0 Å². The molecule has 2 aromatic carbocycles. The monoisotopic (exact) mass is 429 g/mol. The fourth-order valence-corrected chi connectivity index (χ4v) is 6.79. The lowest BCUT2D eigenvalue weighted by molar-refractivity contribution is -0.158. The topological polar surface area (TPSA) is 46.6 Å². The maximum absolute atomic E-state index is 13.2. The summed E-state index contributed by atoms with van der Waals surface area (Å²) in [5.74, 6) is -0.533. The fraction of sp³-hybridized carbons (Fsp3) is 0.391. The molecule has 6 heteroatoms. The zero-order valence-electron chi connectivity index (χ0n) is 17.4. The van der Waals surface area contributed by atoms with Gasteiger partial charge in [0.15, 0.2) is 14.4 Å². The van der Waals surface area contributed by atoms with Crippen LogP contribution in [0.2, 0.25) is 23.2 Å². The summed E-state index contributed by atoms with van der Waals surface area (Å²) in [5, 5.41) is 0.618. The number of likely N-dealkylation sites (tertiary alicyclic amines) is 1. The molecule has 1 heterocycles. The van der Waals surface area contributed by atoms with Gasteiger partial charge in [0.05, 0.1) is 6.04 Å². The first-order chi connectivity index (χ1) is 13.9. The van der Waals surface area contributed by atoms with Crippen LogP contribution < -0.4 is 0 Å². The Morgan fingerprint density at radius 1 is 1.00 bits per heavy atom. The van der Waals surface area contributed by atoms with Gasteiger partial charge in [0, 0.05) is 10.6 Å². The van der Waals surface area contributed by atoms with Crippen molar-refractivity contribution in [1.82, 2.24) is 4.90 Å². The molecule has 1 saturated heterocycles. The summed E-state index contributed by atoms with van der Waals surface area (Å²) >= 11 is 6.05. The van der Waals surface area contributed by atoms with Gasteiger partial charge in [-0.1, -0.05) is 62.2 Å². The summed E-state index contributed by atoms with van der Waals surface area (Å²) in [5.41, 5.74) is 2.44. The molecule has 3 rings (SSSR count). The number of carbonyl (C=O) groups is 2. The average molecular weight is 430 g/mol. The van der Waals surface area contributed by atoms with Gasteiger partial charge in [-0.05, 0) is 54.9 Å². The lowest BCUT2D eigenvalue weighted by Gasteiger charge is -2.48. The molecule has 1 fully saturated rings. The Hall–Kier alpha value is -1.95. The Kier molecular flexibility index (Phi) is 6.61. The number of β-lactam (4-membered cyclic amide) rings is 1. The highest BCUT2D eigenvalue weighted by Gasteiger charge is 2.54. The van der Waals surface area contributed by atoms with E-state index in [-0.39, 0.29) is 11.8 Å². The third kappa shape index (κ3) is 4.18. The highest BCUT2D eigenvalue weighted by Crippen LogP contribution is 2.41. The van der Waals surface area contributed by atoms with Gasteiger partial charge in [0.25, 0.3) is 11.8 Å². The van der Waals surface area contributed by atoms with Crippen molar-refractivity contribution in [3.05, 3.63) is 70.2 Å². The number of hydrogen-bond acceptors (Lipinski definition) is 3. The Morgan fingerprint density at radius 3 is 2.07 bits per heavy atom. The molecule has 29 heavy (non-hydrogen) atoms. The molecule has 0 aliphatic carbocycles. The first-order valence-electron chi connectivity index (χ1n) is 10.2. The van der Waals surface area contributed by atoms with Gasteiger partial charge in [-0.15, -0.1) is 0 Å². The van der Waals surface area contributed by atoms with Gasteiger partial charge in [-0.25, -0.2) is 0 Å². The molecular formula is C23H28ClNO3Si. The van der Waals surface area contributed by atoms with E-state index in [1.54, 1.807) is 24.3 Å². The largest absolute Gasteiger partial charge is 0.403 e. The molecule has 2 aromatic rings. The second kappa shape index (κ2) is 8.82. The van der Waals surface area contributed by atoms with E-state index in [9.17, 15) is 9.59 Å². The molecule has 0 saturated carbocycles. The minimum atomic E-state index is -2.01. The van der Waals surface area contributed by atoms with E-state index in [0.29, 0.717) is 10.6 Å². The van der Waals surface area contributed by atoms with Crippen molar-refractivity contribution in [1.29, 1.82) is 0 Å². The normalized spacial score (nSPS) is 19.2. The summed E-state index contributed by atoms with van der Waals surface area (Å²) < 4.78 is 6.53. The molecule has 2 amide bonds. The lowest BCUT2D eigenvalue weighted by atomic mass is 9.90. The maximum Gasteiger partial charge on any atom is 0.261 e. The van der Waals surface area contributed by atoms with Crippen molar-refractivity contribution >= 4 is 31.7 Å². The van der Waals surface area contributed by atoms with E-state index < -0.39 is 20.5 Å². The minimum Gasteiger partial charge on any atom is -0.403 e. The zero-order chi connectivity index (χ0) is 21.2. The van der Waals surface area contributed by atoms with Gasteiger partial charge >= 0.3 is 0 Å². The van der Waals surface area contributed by atoms with Crippen LogP contribution in [0.1, 0.15) is 48.3 Å². The highest BCUT2D eigenvalue weighted by molar-refractivity contribution is 6.73. The van der Waals surface area contributed by atoms with Crippen LogP contribution in [0, 0.1) is 6.92 Å². The number of halogens is 1. The quantitative estimate of drug-likeness (QED) is 0.319. The van der Waals surface area contributed by atoms with E-state index in [2.05, 4.69) is 20.8 Å². The SMILES string of the molecule is CC[Si](CC)(CC)O[C@@H]1C(=O)N(C(=O)c2ccc(C)cc2)[C@@H]1c1ccc(Cl)cc1. The third-order valence-electron chi connectivity index (χ3n) is 6.08. The second-order valence-electron chi connectivity index (χ2n) is 7.66. The molecule has 1 aliphatic rings. The van der Waals surface area contributed by atoms with Crippen LogP contribution >= 0.6 is 11.6 Å². The van der Waals surface area contributed by atoms with Gasteiger partial charge in [0.2, 0.25) is 0 Å². The van der Waals surface area contributed by atoms with Crippen molar-refractivity contribution in [2.45, 2.75) is 58.0 Å². The summed E-state index contributed by atoms with van der Waals surface area (Å²) in [6.45, 7) is 8.37. The predicted molar refractivity (Wildman–Crippen MR) is 119 cm³/mol. The molecule has 0 unspecified atom stereocenters. The maximum atomic E-state index is 13.2. The van der Waals surface area contributed by atoms with Crippen molar-refractivity contribution in [3.8, 4) is 0 Å². The standard InChI is InChI=1S/C23H28ClNO3Si/c1-5-29(6-2,7-3)28-21-20(17-12-14-19(24)15-13-17)25(23(21)27)22(26)18-10-8-16(4)9-11-18/h8-15,20-21H,5-7H2,1-4H3/t20-,21+/m1/s1. The van der Waals surface area contributed by atoms with Crippen molar-refractivity contribution < 1.29 is 14.0 Å². The number of amides is 2. The molecule has 154 valence electrons. The number of rotatable bonds is 7. The molecular weight excluding hydrogens is 402 g/mol. The number of carbonyl (C=O) groups excluding carboxylic acids is 2. The van der Waals surface area contributed by atoms with Crippen LogP contribution in [0.4, 0.5) is 0 Å². The van der Waals surface area contributed by atoms with E-state index in [1.807, 2.05) is 31.2 Å². The van der Waals surface area contributed by atoms with Crippen LogP contribution in [0.3, 0.4) is 0 Å². The van der Waals surface area contributed by atoms with Gasteiger partial charge in [-0.2, -0.15) is 0 Å². The molecule has 4 nitrogen and oxygen atoms in total. The predicted octanol–water partition coefficient (Wildman–Crippen LogP) is 5.76. The van der Waals surface area contributed by atoms with Crippen molar-refractivity contribution in [3.63, 3.8) is 0 Å². The summed E-state index contributed by atoms with van der Waals surface area (Å²) in [4.78, 5) is 27.6. The molecule has 0 bridgehead atoms. The smallest absolute Gasteiger partial charge is 0.261 e. The van der Waals surface area contributed by atoms with Crippen molar-refractivity contribution in [2.75, 3.05) is 0 Å². The van der Waals surface area contributed by atoms with Crippen LogP contribution in [0.5, 0.6) is 0 Å². The summed E-state index contributed by atoms with van der Waals surface area (Å²) in [7, 11) is -2.01. The van der Waals surface area contributed by atoms with Crippen molar-refractivity contribution in [2.24, 2.45) is 0 Å². The highest BCUT2D eigenvalue weighted by atomic mass is 35.5. The Bertz CT molecular complexity index is 870. The average Bonchev–Trinajstić information content (AvgIpc) is 2.74. The number of benzene rings is 2. The first kappa shape index (κ1) is 21.7. The van der Waals surface area contributed by atoms with Gasteiger partial charge in [0.1, 0.15) is 0 Å². The van der Waals surface area contributed by atoms with Gasteiger partial charge < -0.3 is 4.43 Å². The molecule has 1 aliphatic heterocycles. The van der Waals surface area contributed by atoms with Crippen LogP contribution in [0.25, 0.3) is 0 Å². The number of hydrogen-bond donors (Lipinski definition) is 0. The number of imide groups is 1. The minimum absolute atomic E-state index is 0.247. The summed E-state index contributed by atoms with van der Waals surface area (Å²) in [6, 6.07) is 17.0. The zero-order valence-corrected chi connectivity index (χ0v) is 19.2. The number of aryl methyl sites for hydroxylation is 1. The lowest BCUT2D eigenvalue weighted by Crippen LogP contribution is -2.64. The Morgan fingerprint density at radius 2 is 1.55 bits per heavy atom. The van der Waals surface area contributed by atoms with Crippen LogP contribution in [-0.4, -0.2) is 31.1 Å². The van der Waals surface area contributed by atoms with Crippen LogP contribution in [0.15, 0.2) is 48.5 Å². The Labute approximate surface area is 179 Å². The van der Waals surface area contributed by atoms with E-state index in [0.717, 1.165) is 29.3 Å². The summed E-state index contributed by atoms with van der Waals surface area (Å²) in [6.07, 6.45) is -0.614. The Balaban J connectivity index is 1.95. The molecule has 0 N–H and O–H groups in total. The molecule has 0 spiro atoms. The number of nitrogens with zero attached hydrogens (tertiary/aromatic N) is 1. The third-order valence-corrected chi connectivity index (χ3v) is 11.0. The fourth-order valence-electron chi connectivity index (χ4n) is 3.89. The van der Waals surface area contributed by atoms with E-state index in [1.165, 1.54) is 4.90 Å². The van der Waals surface area contributed by atoms with E-state index >= 15 is 0 Å². The second-order valence-corrected chi connectivity index (χ2v) is 12.8.